The normalized spacial score (nSPS) is 19.6. The van der Waals surface area contributed by atoms with E-state index in [0.29, 0.717) is 12.1 Å². The number of pyridine rings is 1. The molecule has 1 aromatic rings. The van der Waals surface area contributed by atoms with Crippen LogP contribution >= 0.6 is 0 Å². The summed E-state index contributed by atoms with van der Waals surface area (Å²) in [5.41, 5.74) is 0.407. The van der Waals surface area contributed by atoms with E-state index in [0.717, 1.165) is 19.4 Å². The number of amides is 2. The highest BCUT2D eigenvalue weighted by atomic mass is 16.2. The number of hydrogen-bond acceptors (Lipinski definition) is 4. The molecule has 5 heteroatoms. The molecule has 2 N–H and O–H groups in total. The number of carbonyl (C=O) groups excluding carboxylic acids is 2. The zero-order valence-electron chi connectivity index (χ0n) is 9.48. The van der Waals surface area contributed by atoms with Gasteiger partial charge in [0, 0.05) is 18.9 Å². The van der Waals surface area contributed by atoms with Crippen molar-refractivity contribution in [1.29, 1.82) is 0 Å². The largest absolute Gasteiger partial charge is 0.316 e. The van der Waals surface area contributed by atoms with Gasteiger partial charge in [-0.25, -0.2) is 0 Å². The Morgan fingerprint density at radius 2 is 2.35 bits per heavy atom. The molecule has 1 aliphatic rings. The minimum atomic E-state index is -0.381. The first-order valence-electron chi connectivity index (χ1n) is 5.73. The molecule has 5 nitrogen and oxygen atoms in total. The Labute approximate surface area is 99.6 Å². The smallest absolute Gasteiger partial charge is 0.259 e. The van der Waals surface area contributed by atoms with Gasteiger partial charge in [0.2, 0.25) is 5.91 Å². The summed E-state index contributed by atoms with van der Waals surface area (Å²) in [6.45, 7) is 1.59. The van der Waals surface area contributed by atoms with Gasteiger partial charge >= 0.3 is 0 Å². The number of imide groups is 1. The van der Waals surface area contributed by atoms with Crippen LogP contribution < -0.4 is 10.6 Å². The van der Waals surface area contributed by atoms with Crippen LogP contribution in [-0.4, -0.2) is 29.9 Å². The lowest BCUT2D eigenvalue weighted by Gasteiger charge is -2.21. The molecular formula is C12H15N3O2. The number of nitrogens with one attached hydrogen (secondary N) is 2. The van der Waals surface area contributed by atoms with Crippen LogP contribution in [0.15, 0.2) is 24.5 Å². The van der Waals surface area contributed by atoms with Crippen molar-refractivity contribution in [3.8, 4) is 0 Å². The van der Waals surface area contributed by atoms with Crippen molar-refractivity contribution in [3.05, 3.63) is 30.1 Å². The SMILES string of the molecule is O=C(NC(=O)C1CCCNC1)c1cccnc1. The highest BCUT2D eigenvalue weighted by Crippen LogP contribution is 2.10. The summed E-state index contributed by atoms with van der Waals surface area (Å²) in [6, 6.07) is 3.30. The van der Waals surface area contributed by atoms with Crippen LogP contribution in [0.4, 0.5) is 0 Å². The second kappa shape index (κ2) is 5.54. The number of piperidine rings is 1. The summed E-state index contributed by atoms with van der Waals surface area (Å²) in [7, 11) is 0. The lowest BCUT2D eigenvalue weighted by atomic mass is 9.99. The molecule has 1 unspecified atom stereocenters. The van der Waals surface area contributed by atoms with E-state index in [-0.39, 0.29) is 17.7 Å². The molecule has 2 rings (SSSR count). The van der Waals surface area contributed by atoms with Gasteiger partial charge in [-0.1, -0.05) is 0 Å². The van der Waals surface area contributed by atoms with Crippen molar-refractivity contribution in [2.45, 2.75) is 12.8 Å². The Hall–Kier alpha value is -1.75. The number of aromatic nitrogens is 1. The summed E-state index contributed by atoms with van der Waals surface area (Å²) in [4.78, 5) is 27.3. The third-order valence-corrected chi connectivity index (χ3v) is 2.83. The maximum absolute atomic E-state index is 11.8. The molecule has 0 aromatic carbocycles. The molecule has 1 atom stereocenters. The number of nitrogens with zero attached hydrogens (tertiary/aromatic N) is 1. The summed E-state index contributed by atoms with van der Waals surface area (Å²) < 4.78 is 0. The predicted molar refractivity (Wildman–Crippen MR) is 62.3 cm³/mol. The monoisotopic (exact) mass is 233 g/mol. The van der Waals surface area contributed by atoms with Crippen molar-refractivity contribution in [2.75, 3.05) is 13.1 Å². The highest BCUT2D eigenvalue weighted by Gasteiger charge is 2.22. The molecule has 90 valence electrons. The van der Waals surface area contributed by atoms with Gasteiger partial charge in [0.1, 0.15) is 0 Å². The van der Waals surface area contributed by atoms with Crippen LogP contribution in [0.1, 0.15) is 23.2 Å². The molecule has 0 saturated carbocycles. The van der Waals surface area contributed by atoms with Crippen LogP contribution in [0.2, 0.25) is 0 Å². The van der Waals surface area contributed by atoms with Crippen molar-refractivity contribution < 1.29 is 9.59 Å². The summed E-state index contributed by atoms with van der Waals surface area (Å²) in [6.07, 6.45) is 4.84. The fraction of sp³-hybridized carbons (Fsp3) is 0.417. The molecule has 0 aliphatic carbocycles. The quantitative estimate of drug-likeness (QED) is 0.722. The molecule has 1 aliphatic heterocycles. The van der Waals surface area contributed by atoms with Gasteiger partial charge in [-0.05, 0) is 31.5 Å². The van der Waals surface area contributed by atoms with Crippen molar-refractivity contribution in [2.24, 2.45) is 5.92 Å². The van der Waals surface area contributed by atoms with Gasteiger partial charge in [0.25, 0.3) is 5.91 Å². The molecule has 0 radical (unpaired) electrons. The molecule has 2 amide bonds. The van der Waals surface area contributed by atoms with E-state index in [9.17, 15) is 9.59 Å². The number of rotatable bonds is 2. The Bertz CT molecular complexity index is 399. The van der Waals surface area contributed by atoms with Gasteiger partial charge in [-0.2, -0.15) is 0 Å². The Morgan fingerprint density at radius 3 is 3.00 bits per heavy atom. The average Bonchev–Trinajstić information content (AvgIpc) is 2.40. The maximum atomic E-state index is 11.8. The van der Waals surface area contributed by atoms with Crippen LogP contribution in [0.3, 0.4) is 0 Å². The topological polar surface area (TPSA) is 71.1 Å². The van der Waals surface area contributed by atoms with Crippen molar-refractivity contribution in [1.82, 2.24) is 15.6 Å². The van der Waals surface area contributed by atoms with E-state index in [4.69, 9.17) is 0 Å². The van der Waals surface area contributed by atoms with Crippen molar-refractivity contribution in [3.63, 3.8) is 0 Å². The van der Waals surface area contributed by atoms with Gasteiger partial charge in [0.05, 0.1) is 11.5 Å². The van der Waals surface area contributed by atoms with Crippen LogP contribution in [0, 0.1) is 5.92 Å². The third-order valence-electron chi connectivity index (χ3n) is 2.83. The van der Waals surface area contributed by atoms with E-state index >= 15 is 0 Å². The van der Waals surface area contributed by atoms with E-state index in [1.807, 2.05) is 0 Å². The average molecular weight is 233 g/mol. The second-order valence-corrected chi connectivity index (χ2v) is 4.10. The van der Waals surface area contributed by atoms with Crippen LogP contribution in [-0.2, 0) is 4.79 Å². The molecular weight excluding hydrogens is 218 g/mol. The highest BCUT2D eigenvalue weighted by molar-refractivity contribution is 6.05. The summed E-state index contributed by atoms with van der Waals surface area (Å²) in [5, 5.41) is 5.55. The summed E-state index contributed by atoms with van der Waals surface area (Å²) >= 11 is 0. The lowest BCUT2D eigenvalue weighted by Crippen LogP contribution is -2.42. The Balaban J connectivity index is 1.92. The first-order valence-corrected chi connectivity index (χ1v) is 5.73. The molecule has 0 bridgehead atoms. The van der Waals surface area contributed by atoms with Gasteiger partial charge in [-0.3, -0.25) is 19.9 Å². The zero-order chi connectivity index (χ0) is 12.1. The Morgan fingerprint density at radius 1 is 1.47 bits per heavy atom. The van der Waals surface area contributed by atoms with E-state index in [2.05, 4.69) is 15.6 Å². The first kappa shape index (κ1) is 11.7. The zero-order valence-corrected chi connectivity index (χ0v) is 9.48. The van der Waals surface area contributed by atoms with E-state index < -0.39 is 0 Å². The molecule has 2 heterocycles. The molecule has 0 spiro atoms. The van der Waals surface area contributed by atoms with Gasteiger partial charge < -0.3 is 5.32 Å². The van der Waals surface area contributed by atoms with Gasteiger partial charge in [0.15, 0.2) is 0 Å². The first-order chi connectivity index (χ1) is 8.27. The number of carbonyl (C=O) groups is 2. The maximum Gasteiger partial charge on any atom is 0.259 e. The fourth-order valence-corrected chi connectivity index (χ4v) is 1.86. The van der Waals surface area contributed by atoms with Crippen LogP contribution in [0.25, 0.3) is 0 Å². The number of hydrogen-bond donors (Lipinski definition) is 2. The summed E-state index contributed by atoms with van der Waals surface area (Å²) in [5.74, 6) is -0.691. The predicted octanol–water partition coefficient (Wildman–Crippen LogP) is 0.338. The van der Waals surface area contributed by atoms with Crippen molar-refractivity contribution >= 4 is 11.8 Å². The van der Waals surface area contributed by atoms with Gasteiger partial charge in [-0.15, -0.1) is 0 Å². The van der Waals surface area contributed by atoms with E-state index in [1.165, 1.54) is 6.20 Å². The molecule has 1 saturated heterocycles. The minimum absolute atomic E-state index is 0.107. The minimum Gasteiger partial charge on any atom is -0.316 e. The Kier molecular flexibility index (Phi) is 3.82. The molecule has 1 aromatic heterocycles. The standard InChI is InChI=1S/C12H15N3O2/c16-11(9-3-1-5-13-7-9)15-12(17)10-4-2-6-14-8-10/h1,3,5,7,10,14H,2,4,6,8H2,(H,15,16,17). The lowest BCUT2D eigenvalue weighted by molar-refractivity contribution is -0.124. The van der Waals surface area contributed by atoms with Crippen LogP contribution in [0.5, 0.6) is 0 Å². The molecule has 1 fully saturated rings. The second-order valence-electron chi connectivity index (χ2n) is 4.10. The third kappa shape index (κ3) is 3.10. The fourth-order valence-electron chi connectivity index (χ4n) is 1.86. The molecule has 17 heavy (non-hydrogen) atoms. The van der Waals surface area contributed by atoms with E-state index in [1.54, 1.807) is 18.3 Å².